The van der Waals surface area contributed by atoms with E-state index < -0.39 is 18.5 Å². The van der Waals surface area contributed by atoms with Gasteiger partial charge in [0.1, 0.15) is 5.02 Å². The molecule has 0 saturated heterocycles. The number of nitrogens with zero attached hydrogens (tertiary/aromatic N) is 4. The maximum absolute atomic E-state index is 12.4. The molecule has 12 heteroatoms. The van der Waals surface area contributed by atoms with Crippen LogP contribution >= 0.6 is 11.6 Å². The number of methoxy groups -OCH3 is 1. The fourth-order valence-corrected chi connectivity index (χ4v) is 2.65. The van der Waals surface area contributed by atoms with Crippen molar-refractivity contribution in [1.29, 1.82) is 0 Å². The van der Waals surface area contributed by atoms with Gasteiger partial charge < -0.3 is 20.1 Å². The van der Waals surface area contributed by atoms with Crippen LogP contribution in [0.1, 0.15) is 18.7 Å². The normalized spacial score (nSPS) is 12.2. The molecular weight excluding hydrogens is 398 g/mol. The highest BCUT2D eigenvalue weighted by Crippen LogP contribution is 2.27. The Balaban J connectivity index is 1.79. The van der Waals surface area contributed by atoms with Crippen LogP contribution in [0.4, 0.5) is 25.0 Å². The Kier molecular flexibility index (Phi) is 5.85. The summed E-state index contributed by atoms with van der Waals surface area (Å²) in [7, 11) is 1.53. The van der Waals surface area contributed by atoms with Gasteiger partial charge in [-0.05, 0) is 13.0 Å². The highest BCUT2D eigenvalue weighted by atomic mass is 35.5. The zero-order chi connectivity index (χ0) is 20.3. The van der Waals surface area contributed by atoms with Crippen molar-refractivity contribution in [1.82, 2.24) is 19.6 Å². The number of nitrogens with one attached hydrogen (secondary N) is 2. The first-order valence-electron chi connectivity index (χ1n) is 7.93. The van der Waals surface area contributed by atoms with Crippen LogP contribution < -0.4 is 15.4 Å². The lowest BCUT2D eigenvalue weighted by Gasteiger charge is -2.17. The third-order valence-electron chi connectivity index (χ3n) is 3.71. The van der Waals surface area contributed by atoms with Gasteiger partial charge in [0.25, 0.3) is 0 Å². The van der Waals surface area contributed by atoms with Gasteiger partial charge in [-0.15, -0.1) is 0 Å². The summed E-state index contributed by atoms with van der Waals surface area (Å²) >= 11 is 5.82. The number of rotatable bonds is 6. The molecule has 3 heterocycles. The van der Waals surface area contributed by atoms with Crippen molar-refractivity contribution >= 4 is 34.7 Å². The molecule has 0 saturated carbocycles. The summed E-state index contributed by atoms with van der Waals surface area (Å²) in [5, 5.41) is 9.16. The highest BCUT2D eigenvalue weighted by Gasteiger charge is 2.18. The maximum Gasteiger partial charge on any atom is 0.388 e. The first-order chi connectivity index (χ1) is 13.4. The zero-order valence-corrected chi connectivity index (χ0v) is 15.4. The predicted octanol–water partition coefficient (Wildman–Crippen LogP) is 3.73. The largest absolute Gasteiger partial charge is 0.415 e. The van der Waals surface area contributed by atoms with Crippen molar-refractivity contribution in [3.05, 3.63) is 41.4 Å². The second-order valence-electron chi connectivity index (χ2n) is 5.50. The molecule has 0 unspecified atom stereocenters. The number of halogens is 3. The second-order valence-corrected chi connectivity index (χ2v) is 5.91. The smallest absolute Gasteiger partial charge is 0.388 e. The Morgan fingerprint density at radius 2 is 2.07 bits per heavy atom. The third-order valence-corrected chi connectivity index (χ3v) is 3.98. The molecule has 0 radical (unpaired) electrons. The van der Waals surface area contributed by atoms with Crippen LogP contribution in [0.15, 0.2) is 30.7 Å². The fourth-order valence-electron chi connectivity index (χ4n) is 2.44. The van der Waals surface area contributed by atoms with E-state index in [1.54, 1.807) is 23.7 Å². The average Bonchev–Trinajstić information content (AvgIpc) is 3.11. The van der Waals surface area contributed by atoms with Crippen molar-refractivity contribution in [3.8, 4) is 5.88 Å². The number of aromatic nitrogens is 4. The van der Waals surface area contributed by atoms with Gasteiger partial charge in [0.05, 0.1) is 41.8 Å². The van der Waals surface area contributed by atoms with Gasteiger partial charge in [-0.25, -0.2) is 19.3 Å². The van der Waals surface area contributed by atoms with E-state index in [1.807, 2.05) is 0 Å². The number of amides is 2. The first kappa shape index (κ1) is 19.7. The molecule has 3 rings (SSSR count). The number of hydrogen-bond donors (Lipinski definition) is 2. The summed E-state index contributed by atoms with van der Waals surface area (Å²) in [5.74, 6) is -0.438. The number of anilines is 2. The molecule has 0 bridgehead atoms. The topological polar surface area (TPSA) is 103 Å². The van der Waals surface area contributed by atoms with E-state index in [-0.39, 0.29) is 16.8 Å². The Morgan fingerprint density at radius 1 is 1.29 bits per heavy atom. The zero-order valence-electron chi connectivity index (χ0n) is 14.7. The summed E-state index contributed by atoms with van der Waals surface area (Å²) in [6.45, 7) is -1.26. The highest BCUT2D eigenvalue weighted by molar-refractivity contribution is 6.32. The van der Waals surface area contributed by atoms with Gasteiger partial charge in [0.15, 0.2) is 5.65 Å². The van der Waals surface area contributed by atoms with Gasteiger partial charge in [0.2, 0.25) is 5.88 Å². The molecule has 2 N–H and O–H groups in total. The summed E-state index contributed by atoms with van der Waals surface area (Å²) in [5.41, 5.74) is 1.73. The summed E-state index contributed by atoms with van der Waals surface area (Å²) < 4.78 is 35.6. The molecular formula is C16H15ClF2N6O3. The van der Waals surface area contributed by atoms with Crippen molar-refractivity contribution in [3.63, 3.8) is 0 Å². The average molecular weight is 413 g/mol. The van der Waals surface area contributed by atoms with E-state index in [9.17, 15) is 13.6 Å². The van der Waals surface area contributed by atoms with Crippen LogP contribution in [0.5, 0.6) is 5.88 Å². The van der Waals surface area contributed by atoms with E-state index in [4.69, 9.17) is 16.3 Å². The number of carbonyl (C=O) groups is 1. The SMILES string of the molecule is CO[C@@H](C)c1c(NC(=O)Nc2cnc(OC(F)F)c(Cl)c2)cnc2ccnn12. The minimum Gasteiger partial charge on any atom is -0.415 e. The number of ether oxygens (including phenoxy) is 2. The predicted molar refractivity (Wildman–Crippen MR) is 96.9 cm³/mol. The quantitative estimate of drug-likeness (QED) is 0.639. The van der Waals surface area contributed by atoms with Crippen LogP contribution in [0.2, 0.25) is 5.02 Å². The number of alkyl halides is 2. The molecule has 0 fully saturated rings. The van der Waals surface area contributed by atoms with E-state index >= 15 is 0 Å². The molecule has 3 aromatic heterocycles. The Bertz CT molecular complexity index is 1000. The lowest BCUT2D eigenvalue weighted by Crippen LogP contribution is -2.22. The van der Waals surface area contributed by atoms with Crippen LogP contribution in [0.3, 0.4) is 0 Å². The summed E-state index contributed by atoms with van der Waals surface area (Å²) in [6.07, 6.45) is 3.81. The number of pyridine rings is 1. The lowest BCUT2D eigenvalue weighted by molar-refractivity contribution is -0.0527. The van der Waals surface area contributed by atoms with E-state index in [0.717, 1.165) is 6.20 Å². The van der Waals surface area contributed by atoms with E-state index in [2.05, 4.69) is 30.4 Å². The minimum atomic E-state index is -3.06. The Hall–Kier alpha value is -3.05. The lowest BCUT2D eigenvalue weighted by atomic mass is 10.2. The molecule has 9 nitrogen and oxygen atoms in total. The molecule has 0 aliphatic heterocycles. The first-order valence-corrected chi connectivity index (χ1v) is 8.30. The number of urea groups is 1. The summed E-state index contributed by atoms with van der Waals surface area (Å²) in [6, 6.07) is 2.32. The van der Waals surface area contributed by atoms with E-state index in [0.29, 0.717) is 17.0 Å². The second kappa shape index (κ2) is 8.31. The number of hydrogen-bond acceptors (Lipinski definition) is 6. The van der Waals surface area contributed by atoms with Gasteiger partial charge in [-0.1, -0.05) is 11.6 Å². The van der Waals surface area contributed by atoms with Crippen molar-refractivity contribution < 1.29 is 23.0 Å². The van der Waals surface area contributed by atoms with Crippen molar-refractivity contribution in [2.24, 2.45) is 0 Å². The monoisotopic (exact) mass is 412 g/mol. The number of carbonyl (C=O) groups excluding carboxylic acids is 1. The molecule has 0 aliphatic rings. The van der Waals surface area contributed by atoms with Crippen molar-refractivity contribution in [2.45, 2.75) is 19.6 Å². The molecule has 0 spiro atoms. The van der Waals surface area contributed by atoms with Gasteiger partial charge in [-0.3, -0.25) is 0 Å². The van der Waals surface area contributed by atoms with Gasteiger partial charge in [-0.2, -0.15) is 13.9 Å². The Labute approximate surface area is 162 Å². The van der Waals surface area contributed by atoms with Gasteiger partial charge >= 0.3 is 12.6 Å². The standard InChI is InChI=1S/C16H15ClF2N6O3/c1-8(27-2)13-11(7-20-12-3-4-22-25(12)13)24-16(26)23-9-5-10(17)14(21-6-9)28-15(18)19/h3-8,15H,1-2H3,(H2,23,24,26)/t8-/m0/s1. The minimum absolute atomic E-state index is 0.175. The number of fused-ring (bicyclic) bond motifs is 1. The molecule has 3 aromatic rings. The molecule has 0 aromatic carbocycles. The van der Waals surface area contributed by atoms with Crippen LogP contribution in [-0.4, -0.2) is 39.3 Å². The summed E-state index contributed by atoms with van der Waals surface area (Å²) in [4.78, 5) is 20.2. The van der Waals surface area contributed by atoms with Crippen molar-refractivity contribution in [2.75, 3.05) is 17.7 Å². The molecule has 0 aliphatic carbocycles. The third kappa shape index (κ3) is 4.26. The van der Waals surface area contributed by atoms with Crippen LogP contribution in [0.25, 0.3) is 5.65 Å². The molecule has 1 atom stereocenters. The Morgan fingerprint density at radius 3 is 2.75 bits per heavy atom. The molecule has 28 heavy (non-hydrogen) atoms. The fraction of sp³-hybridized carbons (Fsp3) is 0.250. The maximum atomic E-state index is 12.4. The van der Waals surface area contributed by atoms with Crippen LogP contribution in [-0.2, 0) is 4.74 Å². The molecule has 2 amide bonds. The molecule has 148 valence electrons. The van der Waals surface area contributed by atoms with Crippen LogP contribution in [0, 0.1) is 0 Å². The van der Waals surface area contributed by atoms with Gasteiger partial charge in [0, 0.05) is 13.2 Å². The van der Waals surface area contributed by atoms with E-state index in [1.165, 1.54) is 19.4 Å².